The van der Waals surface area contributed by atoms with E-state index in [1.807, 2.05) is 11.3 Å². The van der Waals surface area contributed by atoms with Gasteiger partial charge in [0.2, 0.25) is 0 Å². The van der Waals surface area contributed by atoms with Crippen LogP contribution in [0.3, 0.4) is 0 Å². The van der Waals surface area contributed by atoms with E-state index in [0.29, 0.717) is 5.41 Å². The fraction of sp³-hybridized carbons (Fsp3) is 0.750. The van der Waals surface area contributed by atoms with Crippen molar-refractivity contribution in [1.29, 1.82) is 0 Å². The highest BCUT2D eigenvalue weighted by atomic mass is 79.9. The molecule has 3 heteroatoms. The molecule has 1 aliphatic carbocycles. The van der Waals surface area contributed by atoms with Gasteiger partial charge in [0.15, 0.2) is 0 Å². The van der Waals surface area contributed by atoms with Crippen LogP contribution in [0.15, 0.2) is 15.9 Å². The zero-order valence-electron chi connectivity index (χ0n) is 12.0. The summed E-state index contributed by atoms with van der Waals surface area (Å²) in [6.07, 6.45) is 11.3. The van der Waals surface area contributed by atoms with Gasteiger partial charge in [-0.15, -0.1) is 11.3 Å². The van der Waals surface area contributed by atoms with E-state index in [-0.39, 0.29) is 0 Å². The fourth-order valence-corrected chi connectivity index (χ4v) is 4.81. The monoisotopic (exact) mass is 343 g/mol. The van der Waals surface area contributed by atoms with Crippen molar-refractivity contribution in [2.75, 3.05) is 13.1 Å². The molecule has 0 spiro atoms. The Labute approximate surface area is 130 Å². The third-order valence-corrected chi connectivity index (χ3v) is 6.21. The van der Waals surface area contributed by atoms with Gasteiger partial charge in [0.1, 0.15) is 0 Å². The molecule has 0 amide bonds. The van der Waals surface area contributed by atoms with Gasteiger partial charge in [-0.2, -0.15) is 0 Å². The van der Waals surface area contributed by atoms with Crippen LogP contribution in [0.25, 0.3) is 0 Å². The summed E-state index contributed by atoms with van der Waals surface area (Å²) in [6.45, 7) is 4.51. The molecular formula is C16H26BrNS. The first-order valence-corrected chi connectivity index (χ1v) is 9.30. The molecule has 2 rings (SSSR count). The number of aryl methyl sites for hydroxylation is 1. The summed E-state index contributed by atoms with van der Waals surface area (Å²) in [5.74, 6) is 0. The largest absolute Gasteiger partial charge is 0.317 e. The van der Waals surface area contributed by atoms with Crippen molar-refractivity contribution in [3.63, 3.8) is 0 Å². The molecule has 1 heterocycles. The Balaban J connectivity index is 1.89. The maximum absolute atomic E-state index is 3.57. The van der Waals surface area contributed by atoms with Crippen molar-refractivity contribution >= 4 is 27.3 Å². The van der Waals surface area contributed by atoms with Gasteiger partial charge in [0, 0.05) is 4.88 Å². The smallest absolute Gasteiger partial charge is 0.0701 e. The van der Waals surface area contributed by atoms with Gasteiger partial charge in [-0.05, 0) is 78.7 Å². The van der Waals surface area contributed by atoms with Crippen LogP contribution in [-0.4, -0.2) is 13.1 Å². The highest BCUT2D eigenvalue weighted by molar-refractivity contribution is 9.11. The average molecular weight is 344 g/mol. The third-order valence-electron chi connectivity index (χ3n) is 4.53. The minimum Gasteiger partial charge on any atom is -0.317 e. The summed E-state index contributed by atoms with van der Waals surface area (Å²) in [4.78, 5) is 1.54. The predicted molar refractivity (Wildman–Crippen MR) is 89.0 cm³/mol. The number of hydrogen-bond acceptors (Lipinski definition) is 2. The Morgan fingerprint density at radius 3 is 2.63 bits per heavy atom. The Hall–Kier alpha value is 0.140. The molecule has 1 N–H and O–H groups in total. The Morgan fingerprint density at radius 1 is 1.21 bits per heavy atom. The van der Waals surface area contributed by atoms with Crippen LogP contribution in [0.4, 0.5) is 0 Å². The summed E-state index contributed by atoms with van der Waals surface area (Å²) >= 11 is 5.48. The van der Waals surface area contributed by atoms with E-state index < -0.39 is 0 Å². The lowest BCUT2D eigenvalue weighted by molar-refractivity contribution is 0.157. The van der Waals surface area contributed by atoms with Crippen LogP contribution in [0, 0.1) is 5.41 Å². The quantitative estimate of drug-likeness (QED) is 0.654. The van der Waals surface area contributed by atoms with Gasteiger partial charge in [0.25, 0.3) is 0 Å². The number of halogens is 1. The maximum Gasteiger partial charge on any atom is 0.0701 e. The standard InChI is InChI=1S/C16H26BrNS/c1-2-18-13-12-16(9-4-3-5-10-16)11-8-14-6-7-15(17)19-14/h6-7,18H,2-5,8-13H2,1H3. The Morgan fingerprint density at radius 2 is 2.00 bits per heavy atom. The molecule has 19 heavy (non-hydrogen) atoms. The van der Waals surface area contributed by atoms with Crippen LogP contribution >= 0.6 is 27.3 Å². The average Bonchev–Trinajstić information content (AvgIpc) is 2.84. The van der Waals surface area contributed by atoms with Gasteiger partial charge in [-0.1, -0.05) is 26.2 Å². The predicted octanol–water partition coefficient (Wildman–Crippen LogP) is 5.39. The molecule has 1 aliphatic rings. The topological polar surface area (TPSA) is 12.0 Å². The zero-order chi connectivity index (χ0) is 13.6. The molecule has 0 aliphatic heterocycles. The summed E-state index contributed by atoms with van der Waals surface area (Å²) in [5, 5.41) is 3.52. The molecule has 1 aromatic rings. The first-order chi connectivity index (χ1) is 9.24. The van der Waals surface area contributed by atoms with E-state index in [0.717, 1.165) is 6.54 Å². The molecule has 1 saturated carbocycles. The van der Waals surface area contributed by atoms with Crippen molar-refractivity contribution in [3.05, 3.63) is 20.8 Å². The second kappa shape index (κ2) is 7.80. The zero-order valence-corrected chi connectivity index (χ0v) is 14.4. The van der Waals surface area contributed by atoms with Crippen molar-refractivity contribution in [1.82, 2.24) is 5.32 Å². The van der Waals surface area contributed by atoms with Crippen LogP contribution in [0.2, 0.25) is 0 Å². The minimum atomic E-state index is 0.622. The molecular weight excluding hydrogens is 318 g/mol. The second-order valence-electron chi connectivity index (χ2n) is 5.87. The van der Waals surface area contributed by atoms with Crippen molar-refractivity contribution in [2.24, 2.45) is 5.41 Å². The number of nitrogens with one attached hydrogen (secondary N) is 1. The van der Waals surface area contributed by atoms with E-state index in [9.17, 15) is 0 Å². The van der Waals surface area contributed by atoms with E-state index in [2.05, 4.69) is 40.3 Å². The van der Waals surface area contributed by atoms with Crippen LogP contribution in [0.5, 0.6) is 0 Å². The molecule has 1 aromatic heterocycles. The second-order valence-corrected chi connectivity index (χ2v) is 8.42. The molecule has 0 atom stereocenters. The maximum atomic E-state index is 3.57. The van der Waals surface area contributed by atoms with Gasteiger partial charge in [-0.3, -0.25) is 0 Å². The summed E-state index contributed by atoms with van der Waals surface area (Å²) in [6, 6.07) is 4.47. The molecule has 0 unspecified atom stereocenters. The molecule has 0 bridgehead atoms. The highest BCUT2D eigenvalue weighted by Gasteiger charge is 2.31. The third kappa shape index (κ3) is 4.87. The van der Waals surface area contributed by atoms with Crippen LogP contribution in [-0.2, 0) is 6.42 Å². The van der Waals surface area contributed by atoms with E-state index >= 15 is 0 Å². The Kier molecular flexibility index (Phi) is 6.37. The first kappa shape index (κ1) is 15.5. The summed E-state index contributed by atoms with van der Waals surface area (Å²) < 4.78 is 1.27. The summed E-state index contributed by atoms with van der Waals surface area (Å²) in [7, 11) is 0. The molecule has 108 valence electrons. The Bertz CT molecular complexity index is 369. The van der Waals surface area contributed by atoms with E-state index in [1.54, 1.807) is 4.88 Å². The van der Waals surface area contributed by atoms with Gasteiger partial charge in [-0.25, -0.2) is 0 Å². The number of rotatable bonds is 7. The van der Waals surface area contributed by atoms with Gasteiger partial charge >= 0.3 is 0 Å². The molecule has 0 saturated heterocycles. The number of thiophene rings is 1. The lowest BCUT2D eigenvalue weighted by atomic mass is 9.69. The van der Waals surface area contributed by atoms with Crippen molar-refractivity contribution in [3.8, 4) is 0 Å². The lowest BCUT2D eigenvalue weighted by Crippen LogP contribution is -2.29. The minimum absolute atomic E-state index is 0.622. The molecule has 0 radical (unpaired) electrons. The molecule has 1 nitrogen and oxygen atoms in total. The van der Waals surface area contributed by atoms with Crippen LogP contribution < -0.4 is 5.32 Å². The normalized spacial score (nSPS) is 18.6. The van der Waals surface area contributed by atoms with Crippen LogP contribution in [0.1, 0.15) is 56.7 Å². The SMILES string of the molecule is CCNCCC1(CCc2ccc(Br)s2)CCCCC1. The molecule has 1 fully saturated rings. The van der Waals surface area contributed by atoms with E-state index in [4.69, 9.17) is 0 Å². The van der Waals surface area contributed by atoms with Crippen molar-refractivity contribution < 1.29 is 0 Å². The van der Waals surface area contributed by atoms with E-state index in [1.165, 1.54) is 61.7 Å². The van der Waals surface area contributed by atoms with Gasteiger partial charge < -0.3 is 5.32 Å². The molecule has 0 aromatic carbocycles. The van der Waals surface area contributed by atoms with Crippen molar-refractivity contribution in [2.45, 2.75) is 58.3 Å². The highest BCUT2D eigenvalue weighted by Crippen LogP contribution is 2.43. The summed E-state index contributed by atoms with van der Waals surface area (Å²) in [5.41, 5.74) is 0.622. The lowest BCUT2D eigenvalue weighted by Gasteiger charge is -2.37. The van der Waals surface area contributed by atoms with Gasteiger partial charge in [0.05, 0.1) is 3.79 Å². The number of hydrogen-bond donors (Lipinski definition) is 1. The fourth-order valence-electron chi connectivity index (χ4n) is 3.33. The first-order valence-electron chi connectivity index (χ1n) is 7.69.